The molecule has 0 aliphatic carbocycles. The van der Waals surface area contributed by atoms with Gasteiger partial charge in [0.2, 0.25) is 5.91 Å². The van der Waals surface area contributed by atoms with E-state index in [2.05, 4.69) is 0 Å². The van der Waals surface area contributed by atoms with Crippen LogP contribution in [0.5, 0.6) is 11.5 Å². The molecule has 0 fully saturated rings. The average molecular weight is 213 g/mol. The Balaban J connectivity index is 2.14. The van der Waals surface area contributed by atoms with Gasteiger partial charge in [-0.15, -0.1) is 0 Å². The number of ether oxygens (including phenoxy) is 1. The third-order valence-electron chi connectivity index (χ3n) is 2.12. The van der Waals surface area contributed by atoms with Gasteiger partial charge < -0.3 is 10.5 Å². The first-order chi connectivity index (χ1) is 7.75. The molecule has 0 heterocycles. The number of primary amides is 1. The van der Waals surface area contributed by atoms with Gasteiger partial charge in [-0.3, -0.25) is 4.79 Å². The van der Waals surface area contributed by atoms with Crippen molar-refractivity contribution in [3.8, 4) is 11.5 Å². The van der Waals surface area contributed by atoms with Crippen LogP contribution >= 0.6 is 0 Å². The van der Waals surface area contributed by atoms with Crippen LogP contribution in [-0.2, 0) is 0 Å². The Morgan fingerprint density at radius 3 is 2.00 bits per heavy atom. The molecule has 1 amide bonds. The Hall–Kier alpha value is -2.29. The highest BCUT2D eigenvalue weighted by atomic mass is 16.5. The molecule has 0 aromatic heterocycles. The first-order valence-electron chi connectivity index (χ1n) is 4.88. The summed E-state index contributed by atoms with van der Waals surface area (Å²) >= 11 is 0. The third kappa shape index (κ3) is 2.39. The maximum atomic E-state index is 10.9. The summed E-state index contributed by atoms with van der Waals surface area (Å²) in [6.07, 6.45) is 0. The predicted octanol–water partition coefficient (Wildman–Crippen LogP) is 2.58. The molecule has 3 heteroatoms. The number of hydrogen-bond donors (Lipinski definition) is 1. The van der Waals surface area contributed by atoms with Crippen molar-refractivity contribution in [3.05, 3.63) is 60.2 Å². The Bertz CT molecular complexity index is 477. The molecule has 0 aliphatic heterocycles. The van der Waals surface area contributed by atoms with E-state index in [9.17, 15) is 4.79 Å². The number of para-hydroxylation sites is 1. The topological polar surface area (TPSA) is 52.3 Å². The number of benzene rings is 2. The monoisotopic (exact) mass is 213 g/mol. The lowest BCUT2D eigenvalue weighted by Crippen LogP contribution is -2.10. The van der Waals surface area contributed by atoms with Gasteiger partial charge in [0.1, 0.15) is 11.5 Å². The lowest BCUT2D eigenvalue weighted by atomic mass is 10.2. The van der Waals surface area contributed by atoms with E-state index in [4.69, 9.17) is 10.5 Å². The minimum absolute atomic E-state index is 0.439. The molecule has 0 spiro atoms. The van der Waals surface area contributed by atoms with E-state index in [1.54, 1.807) is 24.3 Å². The van der Waals surface area contributed by atoms with Gasteiger partial charge in [0.05, 0.1) is 0 Å². The van der Waals surface area contributed by atoms with Crippen LogP contribution in [0.2, 0.25) is 0 Å². The van der Waals surface area contributed by atoms with Crippen molar-refractivity contribution in [1.82, 2.24) is 0 Å². The normalized spacial score (nSPS) is 9.75. The highest BCUT2D eigenvalue weighted by molar-refractivity contribution is 5.92. The van der Waals surface area contributed by atoms with E-state index in [0.29, 0.717) is 11.3 Å². The summed E-state index contributed by atoms with van der Waals surface area (Å²) in [5, 5.41) is 0. The third-order valence-corrected chi connectivity index (χ3v) is 2.12. The highest BCUT2D eigenvalue weighted by Gasteiger charge is 2.00. The number of hydrogen-bond acceptors (Lipinski definition) is 2. The van der Waals surface area contributed by atoms with E-state index >= 15 is 0 Å². The minimum Gasteiger partial charge on any atom is -0.457 e. The Morgan fingerprint density at radius 2 is 1.44 bits per heavy atom. The first kappa shape index (κ1) is 10.2. The Morgan fingerprint density at radius 1 is 0.875 bits per heavy atom. The molecule has 2 N–H and O–H groups in total. The zero-order valence-corrected chi connectivity index (χ0v) is 8.59. The minimum atomic E-state index is -0.439. The van der Waals surface area contributed by atoms with Gasteiger partial charge in [-0.1, -0.05) is 18.2 Å². The number of rotatable bonds is 3. The molecule has 0 atom stereocenters. The number of carbonyl (C=O) groups excluding carboxylic acids is 1. The summed E-state index contributed by atoms with van der Waals surface area (Å²) in [6.45, 7) is 0. The van der Waals surface area contributed by atoms with Gasteiger partial charge in [-0.2, -0.15) is 0 Å². The summed E-state index contributed by atoms with van der Waals surface area (Å²) in [7, 11) is 0. The molecule has 0 unspecified atom stereocenters. The molecule has 0 aliphatic rings. The maximum Gasteiger partial charge on any atom is 0.248 e. The highest BCUT2D eigenvalue weighted by Crippen LogP contribution is 2.20. The van der Waals surface area contributed by atoms with E-state index < -0.39 is 5.91 Å². The molecular weight excluding hydrogens is 202 g/mol. The molecular formula is C13H11NO2. The van der Waals surface area contributed by atoms with Gasteiger partial charge in [-0.05, 0) is 36.4 Å². The van der Waals surface area contributed by atoms with Crippen molar-refractivity contribution in [2.45, 2.75) is 0 Å². The molecule has 0 bridgehead atoms. The van der Waals surface area contributed by atoms with Crippen LogP contribution in [0.15, 0.2) is 54.6 Å². The van der Waals surface area contributed by atoms with Crippen LogP contribution in [0.25, 0.3) is 0 Å². The summed E-state index contributed by atoms with van der Waals surface area (Å²) in [5.74, 6) is 0.997. The fourth-order valence-corrected chi connectivity index (χ4v) is 1.31. The summed E-state index contributed by atoms with van der Waals surface area (Å²) in [4.78, 5) is 10.9. The summed E-state index contributed by atoms with van der Waals surface area (Å²) < 4.78 is 5.56. The molecule has 0 saturated heterocycles. The zero-order chi connectivity index (χ0) is 11.4. The zero-order valence-electron chi connectivity index (χ0n) is 8.59. The van der Waals surface area contributed by atoms with E-state index in [1.165, 1.54) is 0 Å². The number of nitrogens with two attached hydrogens (primary N) is 1. The van der Waals surface area contributed by atoms with Crippen LogP contribution in [0.1, 0.15) is 10.4 Å². The maximum absolute atomic E-state index is 10.9. The molecule has 0 saturated carbocycles. The second-order valence-electron chi connectivity index (χ2n) is 3.30. The van der Waals surface area contributed by atoms with E-state index in [1.807, 2.05) is 30.3 Å². The van der Waals surface area contributed by atoms with Gasteiger partial charge >= 0.3 is 0 Å². The molecule has 2 rings (SSSR count). The Labute approximate surface area is 93.5 Å². The van der Waals surface area contributed by atoms with E-state index in [-0.39, 0.29) is 0 Å². The van der Waals surface area contributed by atoms with Crippen molar-refractivity contribution in [3.63, 3.8) is 0 Å². The lowest BCUT2D eigenvalue weighted by molar-refractivity contribution is 0.100. The summed E-state index contributed by atoms with van der Waals surface area (Å²) in [5.41, 5.74) is 5.61. The van der Waals surface area contributed by atoms with Crippen LogP contribution in [0.3, 0.4) is 0 Å². The van der Waals surface area contributed by atoms with Gasteiger partial charge in [0.25, 0.3) is 0 Å². The fourth-order valence-electron chi connectivity index (χ4n) is 1.31. The first-order valence-corrected chi connectivity index (χ1v) is 4.88. The average Bonchev–Trinajstić information content (AvgIpc) is 2.31. The standard InChI is InChI=1S/C13H11NO2/c14-13(15)10-6-8-12(9-7-10)16-11-4-2-1-3-5-11/h1-9H,(H2,14,15). The van der Waals surface area contributed by atoms with Crippen LogP contribution < -0.4 is 10.5 Å². The van der Waals surface area contributed by atoms with Crippen LogP contribution in [0, 0.1) is 0 Å². The molecule has 16 heavy (non-hydrogen) atoms. The predicted molar refractivity (Wildman–Crippen MR) is 61.5 cm³/mol. The lowest BCUT2D eigenvalue weighted by Gasteiger charge is -2.05. The van der Waals surface area contributed by atoms with Crippen molar-refractivity contribution >= 4 is 5.91 Å². The van der Waals surface area contributed by atoms with Gasteiger partial charge in [0, 0.05) is 5.56 Å². The van der Waals surface area contributed by atoms with Crippen molar-refractivity contribution in [2.75, 3.05) is 0 Å². The quantitative estimate of drug-likeness (QED) is 0.851. The molecule has 80 valence electrons. The fraction of sp³-hybridized carbons (Fsp3) is 0. The molecule has 2 aromatic rings. The largest absolute Gasteiger partial charge is 0.457 e. The second kappa shape index (κ2) is 4.49. The Kier molecular flexibility index (Phi) is 2.87. The second-order valence-corrected chi connectivity index (χ2v) is 3.30. The van der Waals surface area contributed by atoms with Crippen LogP contribution in [-0.4, -0.2) is 5.91 Å². The SMILES string of the molecule is NC(=O)c1ccc(Oc2ccccc2)cc1. The molecule has 0 radical (unpaired) electrons. The van der Waals surface area contributed by atoms with E-state index in [0.717, 1.165) is 5.75 Å². The van der Waals surface area contributed by atoms with Gasteiger partial charge in [0.15, 0.2) is 0 Å². The van der Waals surface area contributed by atoms with Crippen LogP contribution in [0.4, 0.5) is 0 Å². The molecule has 2 aromatic carbocycles. The van der Waals surface area contributed by atoms with Crippen molar-refractivity contribution < 1.29 is 9.53 Å². The number of carbonyl (C=O) groups is 1. The number of amides is 1. The van der Waals surface area contributed by atoms with Crippen molar-refractivity contribution in [2.24, 2.45) is 5.73 Å². The van der Waals surface area contributed by atoms with Gasteiger partial charge in [-0.25, -0.2) is 0 Å². The smallest absolute Gasteiger partial charge is 0.248 e. The van der Waals surface area contributed by atoms with Crippen molar-refractivity contribution in [1.29, 1.82) is 0 Å². The summed E-state index contributed by atoms with van der Waals surface area (Å²) in [6, 6.07) is 16.1. The molecule has 3 nitrogen and oxygen atoms in total.